The Labute approximate surface area is 143 Å². The number of aryl methyl sites for hydroxylation is 1. The summed E-state index contributed by atoms with van der Waals surface area (Å²) < 4.78 is 6.56. The maximum Gasteiger partial charge on any atom is 0.314 e. The third kappa shape index (κ3) is 2.56. The van der Waals surface area contributed by atoms with Gasteiger partial charge >= 0.3 is 5.97 Å². The number of benzene rings is 1. The van der Waals surface area contributed by atoms with Gasteiger partial charge in [-0.1, -0.05) is 53.0 Å². The van der Waals surface area contributed by atoms with E-state index < -0.39 is 5.92 Å². The number of nitrogens with zero attached hydrogens (tertiary/aromatic N) is 1. The third-order valence-electron chi connectivity index (χ3n) is 4.17. The van der Waals surface area contributed by atoms with Crippen LogP contribution in [-0.4, -0.2) is 23.4 Å². The minimum atomic E-state index is -0.482. The van der Waals surface area contributed by atoms with Gasteiger partial charge in [0.2, 0.25) is 5.78 Å². The van der Waals surface area contributed by atoms with Crippen molar-refractivity contribution in [3.05, 3.63) is 56.8 Å². The zero-order chi connectivity index (χ0) is 16.7. The number of ketones is 1. The Kier molecular flexibility index (Phi) is 4.21. The number of methoxy groups -OCH3 is 1. The molecule has 1 aromatic carbocycles. The fourth-order valence-electron chi connectivity index (χ4n) is 2.98. The second kappa shape index (κ2) is 6.02. The molecule has 0 amide bonds. The van der Waals surface area contributed by atoms with Gasteiger partial charge in [-0.2, -0.15) is 0 Å². The topological polar surface area (TPSA) is 48.3 Å². The molecule has 0 radical (unpaired) electrons. The molecule has 2 heterocycles. The first-order valence-electron chi connectivity index (χ1n) is 7.22. The molecule has 1 atom stereocenters. The Hall–Kier alpha value is -1.78. The van der Waals surface area contributed by atoms with Crippen LogP contribution in [0.15, 0.2) is 24.3 Å². The second-order valence-electron chi connectivity index (χ2n) is 5.57. The molecule has 2 aromatic rings. The summed E-state index contributed by atoms with van der Waals surface area (Å²) in [7, 11) is 1.34. The van der Waals surface area contributed by atoms with E-state index in [0.29, 0.717) is 29.9 Å². The summed E-state index contributed by atoms with van der Waals surface area (Å²) in [4.78, 5) is 24.7. The van der Waals surface area contributed by atoms with Crippen molar-refractivity contribution in [1.29, 1.82) is 0 Å². The maximum absolute atomic E-state index is 12.8. The fourth-order valence-corrected chi connectivity index (χ4v) is 3.59. The summed E-state index contributed by atoms with van der Waals surface area (Å²) in [5, 5.41) is 0.455. The minimum absolute atomic E-state index is 0.195. The van der Waals surface area contributed by atoms with Crippen LogP contribution in [0.2, 0.25) is 10.0 Å². The SMILES string of the molecule is COC(=O)C1CCn2c(C(=O)c3ccc(C)cc3)c(Cl)c(Cl)c21. The third-order valence-corrected chi connectivity index (χ3v) is 5.02. The summed E-state index contributed by atoms with van der Waals surface area (Å²) in [5.74, 6) is -1.05. The number of ether oxygens (including phenoxy) is 1. The molecule has 0 aliphatic carbocycles. The average molecular weight is 352 g/mol. The van der Waals surface area contributed by atoms with Crippen LogP contribution in [-0.2, 0) is 16.1 Å². The van der Waals surface area contributed by atoms with Gasteiger partial charge in [0.05, 0.1) is 22.8 Å². The van der Waals surface area contributed by atoms with Gasteiger partial charge < -0.3 is 9.30 Å². The number of halogens is 2. The number of aromatic nitrogens is 1. The molecule has 0 N–H and O–H groups in total. The lowest BCUT2D eigenvalue weighted by molar-refractivity contribution is -0.142. The predicted molar refractivity (Wildman–Crippen MR) is 88.4 cm³/mol. The van der Waals surface area contributed by atoms with E-state index in [1.807, 2.05) is 19.1 Å². The van der Waals surface area contributed by atoms with E-state index in [0.717, 1.165) is 5.56 Å². The number of hydrogen-bond acceptors (Lipinski definition) is 3. The molecule has 3 rings (SSSR count). The lowest BCUT2D eigenvalue weighted by atomic mass is 10.0. The number of fused-ring (bicyclic) bond motifs is 1. The van der Waals surface area contributed by atoms with Crippen molar-refractivity contribution < 1.29 is 14.3 Å². The van der Waals surface area contributed by atoms with Crippen molar-refractivity contribution in [1.82, 2.24) is 4.57 Å². The molecular formula is C17H15Cl2NO3. The lowest BCUT2D eigenvalue weighted by Crippen LogP contribution is -2.12. The van der Waals surface area contributed by atoms with Gasteiger partial charge in [0.15, 0.2) is 0 Å². The summed E-state index contributed by atoms with van der Waals surface area (Å²) in [5.41, 5.74) is 2.51. The molecule has 0 saturated heterocycles. The highest BCUT2D eigenvalue weighted by molar-refractivity contribution is 6.45. The van der Waals surface area contributed by atoms with Gasteiger partial charge in [-0.15, -0.1) is 0 Å². The molecule has 1 aromatic heterocycles. The highest BCUT2D eigenvalue weighted by atomic mass is 35.5. The molecule has 120 valence electrons. The molecule has 23 heavy (non-hydrogen) atoms. The van der Waals surface area contributed by atoms with Gasteiger partial charge in [-0.05, 0) is 13.3 Å². The second-order valence-corrected chi connectivity index (χ2v) is 6.33. The Morgan fingerprint density at radius 2 is 1.83 bits per heavy atom. The van der Waals surface area contributed by atoms with Crippen LogP contribution in [0.3, 0.4) is 0 Å². The molecule has 1 aliphatic rings. The van der Waals surface area contributed by atoms with E-state index in [-0.39, 0.29) is 21.8 Å². The van der Waals surface area contributed by atoms with Crippen LogP contribution >= 0.6 is 23.2 Å². The minimum Gasteiger partial charge on any atom is -0.469 e. The molecule has 1 unspecified atom stereocenters. The predicted octanol–water partition coefficient (Wildman–Crippen LogP) is 3.99. The molecule has 0 bridgehead atoms. The average Bonchev–Trinajstić information content (AvgIpc) is 3.07. The van der Waals surface area contributed by atoms with Crippen LogP contribution in [0.25, 0.3) is 0 Å². The smallest absolute Gasteiger partial charge is 0.314 e. The summed E-state index contributed by atoms with van der Waals surface area (Å²) >= 11 is 12.6. The van der Waals surface area contributed by atoms with Gasteiger partial charge in [-0.25, -0.2) is 0 Å². The normalized spacial score (nSPS) is 16.3. The summed E-state index contributed by atoms with van der Waals surface area (Å²) in [6.07, 6.45) is 0.549. The van der Waals surface area contributed by atoms with Crippen molar-refractivity contribution in [3.63, 3.8) is 0 Å². The number of rotatable bonds is 3. The fraction of sp³-hybridized carbons (Fsp3) is 0.294. The zero-order valence-corrected chi connectivity index (χ0v) is 14.2. The lowest BCUT2D eigenvalue weighted by Gasteiger charge is -2.07. The molecule has 6 heteroatoms. The van der Waals surface area contributed by atoms with E-state index in [4.69, 9.17) is 27.9 Å². The first-order valence-corrected chi connectivity index (χ1v) is 7.97. The van der Waals surface area contributed by atoms with Gasteiger partial charge in [0, 0.05) is 12.1 Å². The molecule has 0 fully saturated rings. The Morgan fingerprint density at radius 1 is 1.17 bits per heavy atom. The highest BCUT2D eigenvalue weighted by Gasteiger charge is 2.38. The van der Waals surface area contributed by atoms with Crippen LogP contribution < -0.4 is 0 Å². The van der Waals surface area contributed by atoms with Crippen LogP contribution in [0.5, 0.6) is 0 Å². The van der Waals surface area contributed by atoms with E-state index in [2.05, 4.69) is 0 Å². The van der Waals surface area contributed by atoms with Crippen LogP contribution in [0.1, 0.15) is 39.6 Å². The number of esters is 1. The number of carbonyl (C=O) groups excluding carboxylic acids is 2. The van der Waals surface area contributed by atoms with E-state index in [1.165, 1.54) is 7.11 Å². The van der Waals surface area contributed by atoms with Crippen molar-refractivity contribution in [2.24, 2.45) is 0 Å². The highest BCUT2D eigenvalue weighted by Crippen LogP contribution is 2.43. The van der Waals surface area contributed by atoms with Gasteiger partial charge in [0.1, 0.15) is 11.6 Å². The molecular weight excluding hydrogens is 337 g/mol. The molecule has 0 spiro atoms. The number of carbonyl (C=O) groups is 2. The molecule has 0 saturated carbocycles. The van der Waals surface area contributed by atoms with Crippen molar-refractivity contribution >= 4 is 35.0 Å². The maximum atomic E-state index is 12.8. The quantitative estimate of drug-likeness (QED) is 0.620. The first kappa shape index (κ1) is 16.1. The van der Waals surface area contributed by atoms with Crippen LogP contribution in [0.4, 0.5) is 0 Å². The van der Waals surface area contributed by atoms with E-state index in [1.54, 1.807) is 16.7 Å². The van der Waals surface area contributed by atoms with Crippen molar-refractivity contribution in [2.75, 3.05) is 7.11 Å². The Bertz CT molecular complexity index is 793. The Balaban J connectivity index is 2.08. The van der Waals surface area contributed by atoms with Crippen molar-refractivity contribution in [2.45, 2.75) is 25.8 Å². The summed E-state index contributed by atoms with van der Waals surface area (Å²) in [6.45, 7) is 2.46. The number of hydrogen-bond donors (Lipinski definition) is 0. The molecule has 1 aliphatic heterocycles. The van der Waals surface area contributed by atoms with Crippen LogP contribution in [0, 0.1) is 6.92 Å². The van der Waals surface area contributed by atoms with Gasteiger partial charge in [-0.3, -0.25) is 9.59 Å². The van der Waals surface area contributed by atoms with Gasteiger partial charge in [0.25, 0.3) is 0 Å². The summed E-state index contributed by atoms with van der Waals surface area (Å²) in [6, 6.07) is 7.25. The zero-order valence-electron chi connectivity index (χ0n) is 12.7. The van der Waals surface area contributed by atoms with E-state index in [9.17, 15) is 9.59 Å². The first-order chi connectivity index (χ1) is 11.0. The molecule has 4 nitrogen and oxygen atoms in total. The largest absolute Gasteiger partial charge is 0.469 e. The Morgan fingerprint density at radius 3 is 2.43 bits per heavy atom. The van der Waals surface area contributed by atoms with E-state index >= 15 is 0 Å². The monoisotopic (exact) mass is 351 g/mol. The van der Waals surface area contributed by atoms with Crippen molar-refractivity contribution in [3.8, 4) is 0 Å². The standard InChI is InChI=1S/C17H15Cl2NO3/c1-9-3-5-10(6-4-9)16(21)15-13(19)12(18)14-11(17(22)23-2)7-8-20(14)15/h3-6,11H,7-8H2,1-2H3.